The first kappa shape index (κ1) is 23.3. The van der Waals surface area contributed by atoms with Crippen LogP contribution in [-0.2, 0) is 28.9 Å². The Labute approximate surface area is 205 Å². The summed E-state index contributed by atoms with van der Waals surface area (Å²) in [7, 11) is 0. The number of carboxylic acids is 1. The average molecular weight is 482 g/mol. The third-order valence-electron chi connectivity index (χ3n) is 7.72. The summed E-state index contributed by atoms with van der Waals surface area (Å²) in [6.45, 7) is 2.47. The van der Waals surface area contributed by atoms with Crippen molar-refractivity contribution in [2.45, 2.75) is 51.0 Å². The highest BCUT2D eigenvalue weighted by atomic mass is 35.5. The number of carboxylic acid groups (broad SMARTS) is 1. The number of halogens is 1. The van der Waals surface area contributed by atoms with Gasteiger partial charge in [0.05, 0.1) is 5.92 Å². The van der Waals surface area contributed by atoms with Crippen molar-refractivity contribution in [1.29, 1.82) is 0 Å². The number of carbonyl (C=O) groups is 2. The molecule has 3 heterocycles. The fourth-order valence-corrected chi connectivity index (χ4v) is 5.95. The van der Waals surface area contributed by atoms with Crippen molar-refractivity contribution >= 4 is 23.5 Å². The monoisotopic (exact) mass is 481 g/mol. The van der Waals surface area contributed by atoms with Crippen molar-refractivity contribution in [2.75, 3.05) is 26.2 Å². The second-order valence-corrected chi connectivity index (χ2v) is 10.4. The van der Waals surface area contributed by atoms with Gasteiger partial charge in [0.1, 0.15) is 6.04 Å². The number of likely N-dealkylation sites (tertiary alicyclic amines) is 2. The van der Waals surface area contributed by atoms with Gasteiger partial charge in [-0.1, -0.05) is 35.9 Å². The van der Waals surface area contributed by atoms with Crippen LogP contribution in [0.3, 0.4) is 0 Å². The Kier molecular flexibility index (Phi) is 6.89. The van der Waals surface area contributed by atoms with Gasteiger partial charge in [-0.25, -0.2) is 0 Å². The molecule has 7 heteroatoms. The molecular weight excluding hydrogens is 450 g/mol. The molecule has 2 fully saturated rings. The van der Waals surface area contributed by atoms with Crippen LogP contribution in [0.5, 0.6) is 0 Å². The van der Waals surface area contributed by atoms with Gasteiger partial charge < -0.3 is 10.0 Å². The molecule has 34 heavy (non-hydrogen) atoms. The van der Waals surface area contributed by atoms with Gasteiger partial charge in [-0.15, -0.1) is 0 Å². The van der Waals surface area contributed by atoms with Crippen LogP contribution >= 0.6 is 11.6 Å². The van der Waals surface area contributed by atoms with E-state index in [0.29, 0.717) is 29.6 Å². The Morgan fingerprint density at radius 2 is 1.79 bits per heavy atom. The van der Waals surface area contributed by atoms with Crippen molar-refractivity contribution in [3.63, 3.8) is 0 Å². The van der Waals surface area contributed by atoms with E-state index < -0.39 is 12.0 Å². The maximum Gasteiger partial charge on any atom is 0.325 e. The molecule has 0 unspecified atom stereocenters. The number of rotatable bonds is 6. The minimum atomic E-state index is -0.935. The largest absolute Gasteiger partial charge is 0.480 e. The number of aliphatic carboxylic acids is 1. The van der Waals surface area contributed by atoms with E-state index in [1.54, 1.807) is 24.3 Å². The van der Waals surface area contributed by atoms with E-state index in [1.807, 2.05) is 9.80 Å². The van der Waals surface area contributed by atoms with Crippen LogP contribution in [0.1, 0.15) is 54.2 Å². The molecule has 3 aliphatic rings. The number of hydrogen-bond acceptors (Lipinski definition) is 4. The number of aromatic nitrogens is 1. The summed E-state index contributed by atoms with van der Waals surface area (Å²) in [6.07, 6.45) is 7.77. The molecule has 1 aliphatic carbocycles. The van der Waals surface area contributed by atoms with Crippen LogP contribution in [0.25, 0.3) is 0 Å². The molecule has 0 bridgehead atoms. The average Bonchev–Trinajstić information content (AvgIpc) is 2.81. The third kappa shape index (κ3) is 4.84. The van der Waals surface area contributed by atoms with Crippen molar-refractivity contribution < 1.29 is 14.7 Å². The summed E-state index contributed by atoms with van der Waals surface area (Å²) in [5.74, 6) is -0.351. The molecule has 1 amide bonds. The van der Waals surface area contributed by atoms with Gasteiger partial charge in [0, 0.05) is 42.6 Å². The second kappa shape index (κ2) is 10.0. The number of aryl methyl sites for hydroxylation is 2. The molecule has 1 aromatic heterocycles. The van der Waals surface area contributed by atoms with Crippen LogP contribution < -0.4 is 0 Å². The molecule has 0 saturated carbocycles. The van der Waals surface area contributed by atoms with Gasteiger partial charge in [-0.2, -0.15) is 0 Å². The van der Waals surface area contributed by atoms with Gasteiger partial charge in [0.15, 0.2) is 0 Å². The lowest BCUT2D eigenvalue weighted by molar-refractivity contribution is -0.153. The molecule has 5 rings (SSSR count). The number of piperidine rings is 1. The van der Waals surface area contributed by atoms with Crippen LogP contribution in [0.2, 0.25) is 5.02 Å². The zero-order chi connectivity index (χ0) is 23.7. The fourth-order valence-electron chi connectivity index (χ4n) is 5.71. The van der Waals surface area contributed by atoms with Gasteiger partial charge in [0.25, 0.3) is 0 Å². The highest BCUT2D eigenvalue weighted by molar-refractivity contribution is 6.31. The molecule has 6 nitrogen and oxygen atoms in total. The van der Waals surface area contributed by atoms with Gasteiger partial charge >= 0.3 is 5.97 Å². The summed E-state index contributed by atoms with van der Waals surface area (Å²) in [6, 6.07) is 10.7. The molecule has 2 saturated heterocycles. The van der Waals surface area contributed by atoms with Crippen LogP contribution in [-0.4, -0.2) is 57.9 Å². The van der Waals surface area contributed by atoms with Gasteiger partial charge in [0.2, 0.25) is 5.91 Å². The van der Waals surface area contributed by atoms with Crippen molar-refractivity contribution in [3.05, 3.63) is 63.9 Å². The first-order valence-corrected chi connectivity index (χ1v) is 12.8. The number of amides is 1. The summed E-state index contributed by atoms with van der Waals surface area (Å²) >= 11 is 6.25. The van der Waals surface area contributed by atoms with Crippen LogP contribution in [0.4, 0.5) is 0 Å². The molecular formula is C27H32ClN3O3. The fraction of sp³-hybridized carbons (Fsp3) is 0.519. The topological polar surface area (TPSA) is 73.7 Å². The van der Waals surface area contributed by atoms with E-state index in [0.717, 1.165) is 45.2 Å². The van der Waals surface area contributed by atoms with Crippen molar-refractivity contribution in [1.82, 2.24) is 14.8 Å². The molecule has 1 atom stereocenters. The first-order valence-electron chi connectivity index (χ1n) is 12.5. The lowest BCUT2D eigenvalue weighted by Crippen LogP contribution is -2.57. The van der Waals surface area contributed by atoms with E-state index in [9.17, 15) is 14.7 Å². The Balaban J connectivity index is 1.12. The number of hydrogen-bond donors (Lipinski definition) is 1. The van der Waals surface area contributed by atoms with E-state index in [4.69, 9.17) is 16.6 Å². The van der Waals surface area contributed by atoms with Gasteiger partial charge in [-0.3, -0.25) is 19.5 Å². The Morgan fingerprint density at radius 1 is 1.06 bits per heavy atom. The first-order chi connectivity index (χ1) is 16.5. The number of pyridine rings is 1. The molecule has 1 aromatic carbocycles. The molecule has 0 radical (unpaired) electrons. The van der Waals surface area contributed by atoms with Crippen molar-refractivity contribution in [3.8, 4) is 0 Å². The Morgan fingerprint density at radius 3 is 2.53 bits per heavy atom. The van der Waals surface area contributed by atoms with Crippen LogP contribution in [0.15, 0.2) is 36.4 Å². The predicted octanol–water partition coefficient (Wildman–Crippen LogP) is 4.15. The van der Waals surface area contributed by atoms with E-state index >= 15 is 0 Å². The Hall–Kier alpha value is -2.44. The standard InChI is InChI=1S/C27H32ClN3O3/c28-23-7-3-2-6-22(23)25(27(33)34)31-16-20(17-31)26(32)30-13-11-18(12-14-30)15-21-10-9-19-5-1-4-8-24(19)29-21/h2-3,6-7,9-10,18,20,25H,1,4-5,8,11-17H2,(H,33,34)/t25-/m1/s1. The molecule has 2 aliphatic heterocycles. The van der Waals surface area contributed by atoms with Crippen LogP contribution in [0, 0.1) is 11.8 Å². The quantitative estimate of drug-likeness (QED) is 0.670. The normalized spacial score (nSPS) is 20.4. The predicted molar refractivity (Wildman–Crippen MR) is 131 cm³/mol. The maximum absolute atomic E-state index is 13.1. The number of carbonyl (C=O) groups excluding carboxylic acids is 1. The number of nitrogens with zero attached hydrogens (tertiary/aromatic N) is 3. The SMILES string of the molecule is O=C(O)[C@@H](c1ccccc1Cl)N1CC(C(=O)N2CCC(Cc3ccc4c(n3)CCCC4)CC2)C1. The zero-order valence-electron chi connectivity index (χ0n) is 19.5. The minimum absolute atomic E-state index is 0.136. The lowest BCUT2D eigenvalue weighted by atomic mass is 9.88. The Bertz CT molecular complexity index is 1060. The maximum atomic E-state index is 13.1. The summed E-state index contributed by atoms with van der Waals surface area (Å²) < 4.78 is 0. The summed E-state index contributed by atoms with van der Waals surface area (Å²) in [5.41, 5.74) is 4.49. The highest BCUT2D eigenvalue weighted by Crippen LogP contribution is 2.34. The molecule has 1 N–H and O–H groups in total. The van der Waals surface area contributed by atoms with Crippen molar-refractivity contribution in [2.24, 2.45) is 11.8 Å². The zero-order valence-corrected chi connectivity index (χ0v) is 20.2. The smallest absolute Gasteiger partial charge is 0.325 e. The van der Waals surface area contributed by atoms with E-state index in [-0.39, 0.29) is 11.8 Å². The molecule has 180 valence electrons. The summed E-state index contributed by atoms with van der Waals surface area (Å²) in [4.78, 5) is 33.7. The number of benzene rings is 1. The lowest BCUT2D eigenvalue weighted by Gasteiger charge is -2.44. The highest BCUT2D eigenvalue weighted by Gasteiger charge is 2.42. The summed E-state index contributed by atoms with van der Waals surface area (Å²) in [5, 5.41) is 10.2. The van der Waals surface area contributed by atoms with E-state index in [2.05, 4.69) is 12.1 Å². The number of fused-ring (bicyclic) bond motifs is 1. The minimum Gasteiger partial charge on any atom is -0.480 e. The van der Waals surface area contributed by atoms with Gasteiger partial charge in [-0.05, 0) is 74.1 Å². The molecule has 2 aromatic rings. The molecule has 0 spiro atoms. The second-order valence-electron chi connectivity index (χ2n) is 10.0. The third-order valence-corrected chi connectivity index (χ3v) is 8.06. The van der Waals surface area contributed by atoms with E-state index in [1.165, 1.54) is 29.8 Å².